The van der Waals surface area contributed by atoms with E-state index in [0.29, 0.717) is 4.90 Å². The van der Waals surface area contributed by atoms with Crippen LogP contribution >= 0.6 is 0 Å². The van der Waals surface area contributed by atoms with Crippen LogP contribution in [-0.4, -0.2) is 38.2 Å². The molecule has 3 nitrogen and oxygen atoms in total. The van der Waals surface area contributed by atoms with Crippen LogP contribution in [0.25, 0.3) is 0 Å². The van der Waals surface area contributed by atoms with Gasteiger partial charge in [-0.25, -0.2) is 8.42 Å². The van der Waals surface area contributed by atoms with Gasteiger partial charge in [0.15, 0.2) is 9.84 Å². The maximum Gasteiger partial charge on any atom is 0.179 e. The SMILES string of the molecule is Cc1ccc(S(=O)(=O)CC(C)N2CCC(C)CC2)cc1. The van der Waals surface area contributed by atoms with E-state index in [9.17, 15) is 8.42 Å². The Labute approximate surface area is 122 Å². The molecule has 4 heteroatoms. The number of hydrogen-bond acceptors (Lipinski definition) is 3. The lowest BCUT2D eigenvalue weighted by Crippen LogP contribution is -2.42. The van der Waals surface area contributed by atoms with Crippen molar-refractivity contribution >= 4 is 9.84 Å². The van der Waals surface area contributed by atoms with E-state index >= 15 is 0 Å². The summed E-state index contributed by atoms with van der Waals surface area (Å²) in [6.07, 6.45) is 2.35. The molecule has 0 spiro atoms. The molecule has 1 aliphatic heterocycles. The van der Waals surface area contributed by atoms with E-state index in [0.717, 1.165) is 24.6 Å². The Morgan fingerprint density at radius 3 is 2.30 bits per heavy atom. The Kier molecular flexibility index (Phi) is 4.86. The molecule has 0 amide bonds. The number of likely N-dealkylation sites (tertiary alicyclic amines) is 1. The van der Waals surface area contributed by atoms with Crippen LogP contribution in [0.15, 0.2) is 29.2 Å². The lowest BCUT2D eigenvalue weighted by atomic mass is 9.98. The molecule has 1 aliphatic rings. The van der Waals surface area contributed by atoms with Crippen LogP contribution in [0.1, 0.15) is 32.3 Å². The third-order valence-electron chi connectivity index (χ3n) is 4.28. The molecule has 1 aromatic carbocycles. The normalized spacial score (nSPS) is 19.9. The Morgan fingerprint density at radius 2 is 1.75 bits per heavy atom. The van der Waals surface area contributed by atoms with Gasteiger partial charge in [0.05, 0.1) is 10.6 Å². The van der Waals surface area contributed by atoms with Crippen molar-refractivity contribution in [3.63, 3.8) is 0 Å². The third-order valence-corrected chi connectivity index (χ3v) is 6.19. The first-order valence-electron chi connectivity index (χ1n) is 7.42. The van der Waals surface area contributed by atoms with E-state index in [-0.39, 0.29) is 11.8 Å². The number of hydrogen-bond donors (Lipinski definition) is 0. The average molecular weight is 295 g/mol. The van der Waals surface area contributed by atoms with E-state index in [4.69, 9.17) is 0 Å². The van der Waals surface area contributed by atoms with Crippen LogP contribution in [0.5, 0.6) is 0 Å². The van der Waals surface area contributed by atoms with Gasteiger partial charge in [0, 0.05) is 6.04 Å². The summed E-state index contributed by atoms with van der Waals surface area (Å²) in [5, 5.41) is 0. The van der Waals surface area contributed by atoms with Gasteiger partial charge in [-0.3, -0.25) is 4.90 Å². The third kappa shape index (κ3) is 3.83. The van der Waals surface area contributed by atoms with E-state index in [1.54, 1.807) is 12.1 Å². The summed E-state index contributed by atoms with van der Waals surface area (Å²) < 4.78 is 24.9. The summed E-state index contributed by atoms with van der Waals surface area (Å²) in [6.45, 7) is 8.30. The summed E-state index contributed by atoms with van der Waals surface area (Å²) in [6, 6.07) is 7.25. The molecule has 20 heavy (non-hydrogen) atoms. The predicted octanol–water partition coefficient (Wildman–Crippen LogP) is 2.89. The molecule has 0 saturated carbocycles. The van der Waals surface area contributed by atoms with Crippen molar-refractivity contribution in [3.05, 3.63) is 29.8 Å². The highest BCUT2D eigenvalue weighted by molar-refractivity contribution is 7.91. The number of nitrogens with zero attached hydrogens (tertiary/aromatic N) is 1. The topological polar surface area (TPSA) is 37.4 Å². The largest absolute Gasteiger partial charge is 0.300 e. The lowest BCUT2D eigenvalue weighted by molar-refractivity contribution is 0.157. The van der Waals surface area contributed by atoms with Crippen molar-refractivity contribution in [2.45, 2.75) is 44.6 Å². The quantitative estimate of drug-likeness (QED) is 0.857. The fourth-order valence-corrected chi connectivity index (χ4v) is 4.32. The molecule has 0 bridgehead atoms. The van der Waals surface area contributed by atoms with E-state index in [1.807, 2.05) is 26.0 Å². The highest BCUT2D eigenvalue weighted by Crippen LogP contribution is 2.20. The molecule has 0 N–H and O–H groups in total. The minimum absolute atomic E-state index is 0.0915. The molecule has 1 fully saturated rings. The van der Waals surface area contributed by atoms with Gasteiger partial charge in [-0.15, -0.1) is 0 Å². The van der Waals surface area contributed by atoms with Crippen molar-refractivity contribution in [3.8, 4) is 0 Å². The minimum Gasteiger partial charge on any atom is -0.300 e. The molecule has 0 radical (unpaired) electrons. The molecular weight excluding hydrogens is 270 g/mol. The second-order valence-electron chi connectivity index (χ2n) is 6.16. The zero-order chi connectivity index (χ0) is 14.8. The zero-order valence-electron chi connectivity index (χ0n) is 12.7. The van der Waals surface area contributed by atoms with Crippen LogP contribution in [-0.2, 0) is 9.84 Å². The van der Waals surface area contributed by atoms with Gasteiger partial charge in [-0.2, -0.15) is 0 Å². The van der Waals surface area contributed by atoms with Crippen molar-refractivity contribution in [1.82, 2.24) is 4.90 Å². The van der Waals surface area contributed by atoms with Gasteiger partial charge in [0.1, 0.15) is 0 Å². The summed E-state index contributed by atoms with van der Waals surface area (Å²) >= 11 is 0. The number of sulfone groups is 1. The molecule has 0 aliphatic carbocycles. The number of benzene rings is 1. The van der Waals surface area contributed by atoms with E-state index in [1.165, 1.54) is 12.8 Å². The molecule has 1 unspecified atom stereocenters. The van der Waals surface area contributed by atoms with Crippen LogP contribution in [0.2, 0.25) is 0 Å². The van der Waals surface area contributed by atoms with Crippen LogP contribution in [0.4, 0.5) is 0 Å². The molecule has 2 rings (SSSR count). The molecule has 1 atom stereocenters. The summed E-state index contributed by atoms with van der Waals surface area (Å²) in [4.78, 5) is 2.76. The van der Waals surface area contributed by atoms with Gasteiger partial charge in [0.2, 0.25) is 0 Å². The van der Waals surface area contributed by atoms with Gasteiger partial charge >= 0.3 is 0 Å². The van der Waals surface area contributed by atoms with Crippen molar-refractivity contribution in [1.29, 1.82) is 0 Å². The summed E-state index contributed by atoms with van der Waals surface area (Å²) in [7, 11) is -3.18. The van der Waals surface area contributed by atoms with Crippen LogP contribution in [0, 0.1) is 12.8 Å². The molecule has 0 aromatic heterocycles. The Morgan fingerprint density at radius 1 is 1.20 bits per heavy atom. The Hall–Kier alpha value is -0.870. The predicted molar refractivity (Wildman–Crippen MR) is 82.7 cm³/mol. The fraction of sp³-hybridized carbons (Fsp3) is 0.625. The smallest absolute Gasteiger partial charge is 0.179 e. The maximum atomic E-state index is 12.4. The van der Waals surface area contributed by atoms with Crippen molar-refractivity contribution in [2.75, 3.05) is 18.8 Å². The number of rotatable bonds is 4. The summed E-state index contributed by atoms with van der Waals surface area (Å²) in [5.41, 5.74) is 1.09. The van der Waals surface area contributed by atoms with Gasteiger partial charge in [-0.05, 0) is 57.8 Å². The monoisotopic (exact) mass is 295 g/mol. The lowest BCUT2D eigenvalue weighted by Gasteiger charge is -2.34. The first kappa shape index (κ1) is 15.5. The van der Waals surface area contributed by atoms with Crippen molar-refractivity contribution < 1.29 is 8.42 Å². The molecular formula is C16H25NO2S. The second-order valence-corrected chi connectivity index (χ2v) is 8.20. The van der Waals surface area contributed by atoms with Crippen LogP contribution in [0.3, 0.4) is 0 Å². The minimum atomic E-state index is -3.18. The molecule has 112 valence electrons. The van der Waals surface area contributed by atoms with Crippen molar-refractivity contribution in [2.24, 2.45) is 5.92 Å². The average Bonchev–Trinajstić information content (AvgIpc) is 2.39. The maximum absolute atomic E-state index is 12.4. The van der Waals surface area contributed by atoms with Crippen LogP contribution < -0.4 is 0 Å². The molecule has 1 heterocycles. The molecule has 1 aromatic rings. The highest BCUT2D eigenvalue weighted by atomic mass is 32.2. The number of piperidine rings is 1. The Balaban J connectivity index is 2.02. The standard InChI is InChI=1S/C16H25NO2S/c1-13-4-6-16(7-5-13)20(18,19)12-15(3)17-10-8-14(2)9-11-17/h4-7,14-15H,8-12H2,1-3H3. The fourth-order valence-electron chi connectivity index (χ4n) is 2.73. The summed E-state index contributed by atoms with van der Waals surface area (Å²) in [5.74, 6) is 0.983. The van der Waals surface area contributed by atoms with E-state index < -0.39 is 9.84 Å². The zero-order valence-corrected chi connectivity index (χ0v) is 13.5. The first-order chi connectivity index (χ1) is 9.38. The second kappa shape index (κ2) is 6.27. The van der Waals surface area contributed by atoms with E-state index in [2.05, 4.69) is 11.8 Å². The van der Waals surface area contributed by atoms with Gasteiger partial charge in [-0.1, -0.05) is 24.6 Å². The highest BCUT2D eigenvalue weighted by Gasteiger charge is 2.25. The Bertz CT molecular complexity index is 528. The van der Waals surface area contributed by atoms with Gasteiger partial charge < -0.3 is 0 Å². The van der Waals surface area contributed by atoms with Gasteiger partial charge in [0.25, 0.3) is 0 Å². The molecule has 1 saturated heterocycles. The number of aryl methyl sites for hydroxylation is 1. The first-order valence-corrected chi connectivity index (χ1v) is 9.07.